The minimum absolute atomic E-state index is 0.0273. The maximum atomic E-state index is 11.8. The Morgan fingerprint density at radius 3 is 3.00 bits per heavy atom. The van der Waals surface area contributed by atoms with Gasteiger partial charge < -0.3 is 5.32 Å². The van der Waals surface area contributed by atoms with E-state index in [1.54, 1.807) is 0 Å². The van der Waals surface area contributed by atoms with Crippen LogP contribution in [0.25, 0.3) is 0 Å². The first-order valence-electron chi connectivity index (χ1n) is 5.12. The predicted molar refractivity (Wildman–Crippen MR) is 66.0 cm³/mol. The first-order chi connectivity index (χ1) is 7.19. The number of hydrogen-bond donors (Lipinski definition) is 1. The van der Waals surface area contributed by atoms with Crippen molar-refractivity contribution in [1.82, 2.24) is 5.32 Å². The molecule has 1 unspecified atom stereocenters. The zero-order valence-corrected chi connectivity index (χ0v) is 10.6. The van der Waals surface area contributed by atoms with Crippen LogP contribution < -0.4 is 5.32 Å². The number of carbonyl (C=O) groups is 1. The second kappa shape index (κ2) is 6.13. The topological polar surface area (TPSA) is 29.1 Å². The second-order valence-electron chi connectivity index (χ2n) is 3.48. The van der Waals surface area contributed by atoms with Crippen molar-refractivity contribution in [2.45, 2.75) is 32.7 Å². The van der Waals surface area contributed by atoms with Crippen molar-refractivity contribution in [3.8, 4) is 0 Å². The normalized spacial score (nSPS) is 12.5. The molecule has 15 heavy (non-hydrogen) atoms. The summed E-state index contributed by atoms with van der Waals surface area (Å²) in [5.41, 5.74) is 1.12. The summed E-state index contributed by atoms with van der Waals surface area (Å²) in [6.45, 7) is 4.03. The van der Waals surface area contributed by atoms with Gasteiger partial charge in [0.15, 0.2) is 0 Å². The molecule has 1 aromatic rings. The SMILES string of the molecule is CCc1ccsc1C(=O)NC(C)CCCl. The average Bonchev–Trinajstić information content (AvgIpc) is 2.65. The fraction of sp³-hybridized carbons (Fsp3) is 0.545. The molecule has 1 amide bonds. The predicted octanol–water partition coefficient (Wildman–Crippen LogP) is 3.06. The number of rotatable bonds is 5. The van der Waals surface area contributed by atoms with Gasteiger partial charge in [-0.1, -0.05) is 6.92 Å². The van der Waals surface area contributed by atoms with Gasteiger partial charge in [0.25, 0.3) is 5.91 Å². The van der Waals surface area contributed by atoms with Crippen LogP contribution in [-0.4, -0.2) is 17.8 Å². The van der Waals surface area contributed by atoms with Crippen LogP contribution in [0.1, 0.15) is 35.5 Å². The molecule has 0 bridgehead atoms. The Morgan fingerprint density at radius 2 is 2.40 bits per heavy atom. The van der Waals surface area contributed by atoms with Crippen molar-refractivity contribution < 1.29 is 4.79 Å². The fourth-order valence-electron chi connectivity index (χ4n) is 1.34. The van der Waals surface area contributed by atoms with Crippen molar-refractivity contribution in [2.75, 3.05) is 5.88 Å². The Kier molecular flexibility index (Phi) is 5.12. The standard InChI is InChI=1S/C11H16ClNOS/c1-3-9-5-7-15-10(9)11(14)13-8(2)4-6-12/h5,7-8H,3-4,6H2,1-2H3,(H,13,14). The average molecular weight is 246 g/mol. The zero-order valence-electron chi connectivity index (χ0n) is 9.05. The Morgan fingerprint density at radius 1 is 1.67 bits per heavy atom. The number of hydrogen-bond acceptors (Lipinski definition) is 2. The number of nitrogens with one attached hydrogen (secondary N) is 1. The van der Waals surface area contributed by atoms with E-state index in [2.05, 4.69) is 12.2 Å². The maximum Gasteiger partial charge on any atom is 0.261 e. The molecule has 2 nitrogen and oxygen atoms in total. The van der Waals surface area contributed by atoms with Crippen LogP contribution in [-0.2, 0) is 6.42 Å². The zero-order chi connectivity index (χ0) is 11.3. The fourth-order valence-corrected chi connectivity index (χ4v) is 2.56. The van der Waals surface area contributed by atoms with E-state index in [1.165, 1.54) is 11.3 Å². The first kappa shape index (κ1) is 12.5. The third kappa shape index (κ3) is 3.50. The third-order valence-corrected chi connectivity index (χ3v) is 3.43. The monoisotopic (exact) mass is 245 g/mol. The number of thiophene rings is 1. The van der Waals surface area contributed by atoms with Crippen molar-refractivity contribution in [3.63, 3.8) is 0 Å². The highest BCUT2D eigenvalue weighted by molar-refractivity contribution is 7.12. The van der Waals surface area contributed by atoms with Crippen LogP contribution >= 0.6 is 22.9 Å². The van der Waals surface area contributed by atoms with E-state index in [0.717, 1.165) is 23.3 Å². The molecule has 0 saturated heterocycles. The van der Waals surface area contributed by atoms with Gasteiger partial charge in [-0.15, -0.1) is 22.9 Å². The lowest BCUT2D eigenvalue weighted by Crippen LogP contribution is -2.32. The molecule has 1 aromatic heterocycles. The minimum Gasteiger partial charge on any atom is -0.349 e. The molecule has 1 heterocycles. The molecule has 0 aliphatic carbocycles. The van der Waals surface area contributed by atoms with Crippen molar-refractivity contribution >= 4 is 28.8 Å². The van der Waals surface area contributed by atoms with E-state index in [9.17, 15) is 4.79 Å². The highest BCUT2D eigenvalue weighted by atomic mass is 35.5. The lowest BCUT2D eigenvalue weighted by Gasteiger charge is -2.11. The molecule has 0 spiro atoms. The highest BCUT2D eigenvalue weighted by Gasteiger charge is 2.13. The molecule has 0 aliphatic heterocycles. The minimum atomic E-state index is 0.0273. The molecule has 0 radical (unpaired) electrons. The molecule has 0 saturated carbocycles. The van der Waals surface area contributed by atoms with Gasteiger partial charge >= 0.3 is 0 Å². The number of carbonyl (C=O) groups excluding carboxylic acids is 1. The molecule has 0 fully saturated rings. The maximum absolute atomic E-state index is 11.8. The number of amides is 1. The lowest BCUT2D eigenvalue weighted by molar-refractivity contribution is 0.0943. The molecule has 1 rings (SSSR count). The van der Waals surface area contributed by atoms with Crippen molar-refractivity contribution in [1.29, 1.82) is 0 Å². The summed E-state index contributed by atoms with van der Waals surface area (Å²) in [7, 11) is 0. The van der Waals surface area contributed by atoms with Crippen LogP contribution in [0.15, 0.2) is 11.4 Å². The first-order valence-corrected chi connectivity index (χ1v) is 6.53. The Labute approximate surface area is 99.6 Å². The van der Waals surface area contributed by atoms with Crippen LogP contribution in [0, 0.1) is 0 Å². The summed E-state index contributed by atoms with van der Waals surface area (Å²) >= 11 is 7.11. The second-order valence-corrected chi connectivity index (χ2v) is 4.77. The van der Waals surface area contributed by atoms with Crippen LogP contribution in [0.5, 0.6) is 0 Å². The van der Waals surface area contributed by atoms with Gasteiger partial charge in [-0.05, 0) is 36.8 Å². The molecule has 0 aliphatic rings. The van der Waals surface area contributed by atoms with E-state index < -0.39 is 0 Å². The smallest absolute Gasteiger partial charge is 0.261 e. The lowest BCUT2D eigenvalue weighted by atomic mass is 10.2. The summed E-state index contributed by atoms with van der Waals surface area (Å²) in [4.78, 5) is 12.7. The molecule has 84 valence electrons. The quantitative estimate of drug-likeness (QED) is 0.794. The molecular formula is C11H16ClNOS. The Hall–Kier alpha value is -0.540. The Bertz CT molecular complexity index is 324. The van der Waals surface area contributed by atoms with Crippen LogP contribution in [0.4, 0.5) is 0 Å². The van der Waals surface area contributed by atoms with E-state index in [1.807, 2.05) is 18.4 Å². The summed E-state index contributed by atoms with van der Waals surface area (Å²) in [5, 5.41) is 4.90. The van der Waals surface area contributed by atoms with Crippen molar-refractivity contribution in [2.24, 2.45) is 0 Å². The largest absolute Gasteiger partial charge is 0.349 e. The van der Waals surface area contributed by atoms with Crippen LogP contribution in [0.2, 0.25) is 0 Å². The van der Waals surface area contributed by atoms with Gasteiger partial charge in [-0.3, -0.25) is 4.79 Å². The van der Waals surface area contributed by atoms with Crippen molar-refractivity contribution in [3.05, 3.63) is 21.9 Å². The van der Waals surface area contributed by atoms with E-state index >= 15 is 0 Å². The molecule has 1 atom stereocenters. The summed E-state index contributed by atoms with van der Waals surface area (Å²) < 4.78 is 0. The highest BCUT2D eigenvalue weighted by Crippen LogP contribution is 2.17. The van der Waals surface area contributed by atoms with E-state index in [4.69, 9.17) is 11.6 Å². The number of alkyl halides is 1. The van der Waals surface area contributed by atoms with Gasteiger partial charge in [0.2, 0.25) is 0 Å². The van der Waals surface area contributed by atoms with Gasteiger partial charge in [0.1, 0.15) is 0 Å². The van der Waals surface area contributed by atoms with Gasteiger partial charge in [0, 0.05) is 11.9 Å². The van der Waals surface area contributed by atoms with Gasteiger partial charge in [-0.2, -0.15) is 0 Å². The molecule has 4 heteroatoms. The Balaban J connectivity index is 2.61. The number of aryl methyl sites for hydroxylation is 1. The summed E-state index contributed by atoms with van der Waals surface area (Å²) in [6, 6.07) is 2.15. The molecule has 1 N–H and O–H groups in total. The molecule has 0 aromatic carbocycles. The third-order valence-electron chi connectivity index (χ3n) is 2.25. The summed E-state index contributed by atoms with van der Waals surface area (Å²) in [5.74, 6) is 0.603. The van der Waals surface area contributed by atoms with Crippen LogP contribution in [0.3, 0.4) is 0 Å². The number of halogens is 1. The van der Waals surface area contributed by atoms with E-state index in [0.29, 0.717) is 5.88 Å². The van der Waals surface area contributed by atoms with Gasteiger partial charge in [-0.25, -0.2) is 0 Å². The summed E-state index contributed by atoms with van der Waals surface area (Å²) in [6.07, 6.45) is 1.70. The molecular weight excluding hydrogens is 230 g/mol. The van der Waals surface area contributed by atoms with Gasteiger partial charge in [0.05, 0.1) is 4.88 Å². The van der Waals surface area contributed by atoms with E-state index in [-0.39, 0.29) is 11.9 Å².